The zero-order chi connectivity index (χ0) is 20.1. The standard InChI is InChI=1S/C19H32N4O4S/c1-3-27-19(24)22-11-9-21(10-12-22)15-17-13-20-18(28(2,25)26)23(17)14-16-7-5-4-6-8-16/h13,16H,3-12,14-15H2,1-2H3. The molecule has 1 aromatic heterocycles. The number of hydrogen-bond donors (Lipinski definition) is 0. The van der Waals surface area contributed by atoms with E-state index >= 15 is 0 Å². The first-order valence-electron chi connectivity index (χ1n) is 10.3. The molecule has 1 amide bonds. The highest BCUT2D eigenvalue weighted by Crippen LogP contribution is 2.27. The lowest BCUT2D eigenvalue weighted by Crippen LogP contribution is -2.48. The topological polar surface area (TPSA) is 84.7 Å². The van der Waals surface area contributed by atoms with Gasteiger partial charge in [-0.3, -0.25) is 4.90 Å². The summed E-state index contributed by atoms with van der Waals surface area (Å²) < 4.78 is 31.4. The summed E-state index contributed by atoms with van der Waals surface area (Å²) in [4.78, 5) is 20.1. The van der Waals surface area contributed by atoms with Crippen molar-refractivity contribution in [3.05, 3.63) is 11.9 Å². The number of nitrogens with zero attached hydrogens (tertiary/aromatic N) is 4. The molecule has 0 atom stereocenters. The minimum Gasteiger partial charge on any atom is -0.450 e. The quantitative estimate of drug-likeness (QED) is 0.712. The van der Waals surface area contributed by atoms with Gasteiger partial charge in [-0.25, -0.2) is 18.2 Å². The molecule has 2 fully saturated rings. The molecule has 0 spiro atoms. The largest absolute Gasteiger partial charge is 0.450 e. The van der Waals surface area contributed by atoms with Crippen LogP contribution in [0.5, 0.6) is 0 Å². The SMILES string of the molecule is CCOC(=O)N1CCN(Cc2cnc(S(C)(=O)=O)n2CC2CCCCC2)CC1. The molecule has 1 aliphatic carbocycles. The third-order valence-corrected chi connectivity index (χ3v) is 6.67. The van der Waals surface area contributed by atoms with Gasteiger partial charge in [0.15, 0.2) is 0 Å². The summed E-state index contributed by atoms with van der Waals surface area (Å²) in [5, 5.41) is 0.179. The Labute approximate surface area is 167 Å². The van der Waals surface area contributed by atoms with Crippen molar-refractivity contribution >= 4 is 15.9 Å². The Morgan fingerprint density at radius 1 is 1.18 bits per heavy atom. The van der Waals surface area contributed by atoms with Gasteiger partial charge in [0.25, 0.3) is 0 Å². The summed E-state index contributed by atoms with van der Waals surface area (Å²) in [6, 6.07) is 0. The number of carbonyl (C=O) groups excluding carboxylic acids is 1. The van der Waals surface area contributed by atoms with Crippen LogP contribution in [0.1, 0.15) is 44.7 Å². The van der Waals surface area contributed by atoms with Crippen molar-refractivity contribution in [2.45, 2.75) is 57.3 Å². The highest BCUT2D eigenvalue weighted by atomic mass is 32.2. The molecule has 9 heteroatoms. The molecule has 28 heavy (non-hydrogen) atoms. The minimum atomic E-state index is -3.37. The third-order valence-electron chi connectivity index (χ3n) is 5.68. The average Bonchev–Trinajstić information content (AvgIpc) is 3.06. The third kappa shape index (κ3) is 5.26. The van der Waals surface area contributed by atoms with Crippen molar-refractivity contribution < 1.29 is 17.9 Å². The number of imidazole rings is 1. The van der Waals surface area contributed by atoms with E-state index < -0.39 is 9.84 Å². The fourth-order valence-corrected chi connectivity index (χ4v) is 5.01. The van der Waals surface area contributed by atoms with Crippen LogP contribution in [0.15, 0.2) is 11.4 Å². The number of aromatic nitrogens is 2. The van der Waals surface area contributed by atoms with Crippen molar-refractivity contribution in [1.82, 2.24) is 19.4 Å². The van der Waals surface area contributed by atoms with Gasteiger partial charge in [0, 0.05) is 45.5 Å². The zero-order valence-corrected chi connectivity index (χ0v) is 17.8. The molecular formula is C19H32N4O4S. The summed E-state index contributed by atoms with van der Waals surface area (Å²) in [6.45, 7) is 6.27. The molecule has 2 aliphatic rings. The maximum Gasteiger partial charge on any atom is 0.409 e. The first-order chi connectivity index (χ1) is 13.4. The van der Waals surface area contributed by atoms with Gasteiger partial charge in [0.1, 0.15) is 0 Å². The molecule has 0 N–H and O–H groups in total. The van der Waals surface area contributed by atoms with E-state index in [-0.39, 0.29) is 11.2 Å². The highest BCUT2D eigenvalue weighted by Gasteiger charge is 2.26. The Bertz CT molecular complexity index is 763. The van der Waals surface area contributed by atoms with Gasteiger partial charge in [-0.2, -0.15) is 0 Å². The van der Waals surface area contributed by atoms with E-state index in [1.807, 2.05) is 4.57 Å². The normalized spacial score (nSPS) is 19.7. The second-order valence-electron chi connectivity index (χ2n) is 7.88. The maximum absolute atomic E-state index is 12.2. The van der Waals surface area contributed by atoms with Crippen LogP contribution in [0.2, 0.25) is 0 Å². The first-order valence-corrected chi connectivity index (χ1v) is 12.2. The van der Waals surface area contributed by atoms with E-state index in [4.69, 9.17) is 4.74 Å². The molecule has 1 aliphatic heterocycles. The van der Waals surface area contributed by atoms with E-state index in [0.717, 1.165) is 38.2 Å². The van der Waals surface area contributed by atoms with Crippen molar-refractivity contribution in [2.75, 3.05) is 39.0 Å². The van der Waals surface area contributed by atoms with Crippen molar-refractivity contribution in [1.29, 1.82) is 0 Å². The maximum atomic E-state index is 12.2. The van der Waals surface area contributed by atoms with Gasteiger partial charge in [-0.05, 0) is 25.7 Å². The van der Waals surface area contributed by atoms with Crippen LogP contribution in [0.25, 0.3) is 0 Å². The van der Waals surface area contributed by atoms with Crippen molar-refractivity contribution in [3.63, 3.8) is 0 Å². The summed E-state index contributed by atoms with van der Waals surface area (Å²) >= 11 is 0. The lowest BCUT2D eigenvalue weighted by molar-refractivity contribution is 0.0770. The number of rotatable bonds is 6. The van der Waals surface area contributed by atoms with E-state index in [0.29, 0.717) is 32.2 Å². The van der Waals surface area contributed by atoms with Crippen LogP contribution in [0.3, 0.4) is 0 Å². The van der Waals surface area contributed by atoms with E-state index in [1.54, 1.807) is 18.0 Å². The predicted octanol–water partition coefficient (Wildman–Crippen LogP) is 2.14. The zero-order valence-electron chi connectivity index (χ0n) is 17.0. The van der Waals surface area contributed by atoms with Crippen LogP contribution >= 0.6 is 0 Å². The van der Waals surface area contributed by atoms with Crippen LogP contribution in [-0.2, 0) is 27.7 Å². The Balaban J connectivity index is 1.68. The van der Waals surface area contributed by atoms with Gasteiger partial charge >= 0.3 is 6.09 Å². The molecule has 1 saturated carbocycles. The number of piperazine rings is 1. The van der Waals surface area contributed by atoms with Crippen LogP contribution in [-0.4, -0.2) is 72.9 Å². The van der Waals surface area contributed by atoms with Gasteiger partial charge in [0.05, 0.1) is 18.5 Å². The van der Waals surface area contributed by atoms with Gasteiger partial charge in [-0.15, -0.1) is 0 Å². The summed E-state index contributed by atoms with van der Waals surface area (Å²) in [5.74, 6) is 0.517. The number of carbonyl (C=O) groups is 1. The summed E-state index contributed by atoms with van der Waals surface area (Å²) in [5.41, 5.74) is 0.940. The molecule has 0 bridgehead atoms. The molecule has 2 heterocycles. The number of amides is 1. The second-order valence-corrected chi connectivity index (χ2v) is 9.79. The minimum absolute atomic E-state index is 0.179. The fraction of sp³-hybridized carbons (Fsp3) is 0.789. The van der Waals surface area contributed by atoms with Crippen LogP contribution in [0.4, 0.5) is 4.79 Å². The summed E-state index contributed by atoms with van der Waals surface area (Å²) in [6.07, 6.45) is 8.70. The number of sulfone groups is 1. The summed E-state index contributed by atoms with van der Waals surface area (Å²) in [7, 11) is -3.37. The molecule has 0 radical (unpaired) electrons. The predicted molar refractivity (Wildman–Crippen MR) is 106 cm³/mol. The lowest BCUT2D eigenvalue weighted by atomic mass is 9.89. The van der Waals surface area contributed by atoms with E-state index in [1.165, 1.54) is 25.5 Å². The monoisotopic (exact) mass is 412 g/mol. The van der Waals surface area contributed by atoms with E-state index in [9.17, 15) is 13.2 Å². The van der Waals surface area contributed by atoms with Gasteiger partial charge in [0.2, 0.25) is 15.0 Å². The van der Waals surface area contributed by atoms with Gasteiger partial charge < -0.3 is 14.2 Å². The molecule has 8 nitrogen and oxygen atoms in total. The van der Waals surface area contributed by atoms with Gasteiger partial charge in [-0.1, -0.05) is 19.3 Å². The average molecular weight is 413 g/mol. The number of ether oxygens (including phenoxy) is 1. The number of hydrogen-bond acceptors (Lipinski definition) is 6. The highest BCUT2D eigenvalue weighted by molar-refractivity contribution is 7.90. The Morgan fingerprint density at radius 2 is 1.86 bits per heavy atom. The van der Waals surface area contributed by atoms with Crippen molar-refractivity contribution in [2.24, 2.45) is 5.92 Å². The molecular weight excluding hydrogens is 380 g/mol. The first kappa shape index (κ1) is 21.1. The van der Waals surface area contributed by atoms with Crippen molar-refractivity contribution in [3.8, 4) is 0 Å². The molecule has 0 unspecified atom stereocenters. The Morgan fingerprint density at radius 3 is 2.46 bits per heavy atom. The Kier molecular flexibility index (Phi) is 6.98. The Hall–Kier alpha value is -1.61. The molecule has 1 aromatic rings. The smallest absolute Gasteiger partial charge is 0.409 e. The van der Waals surface area contributed by atoms with Crippen LogP contribution in [0, 0.1) is 5.92 Å². The lowest BCUT2D eigenvalue weighted by Gasteiger charge is -2.34. The molecule has 158 valence electrons. The van der Waals surface area contributed by atoms with Crippen LogP contribution < -0.4 is 0 Å². The second kappa shape index (κ2) is 9.26. The molecule has 3 rings (SSSR count). The molecule has 0 aromatic carbocycles. The fourth-order valence-electron chi connectivity index (χ4n) is 4.17. The van der Waals surface area contributed by atoms with E-state index in [2.05, 4.69) is 9.88 Å². The molecule has 1 saturated heterocycles.